The first-order chi connectivity index (χ1) is 7.15. The Labute approximate surface area is 84.9 Å². The predicted molar refractivity (Wildman–Crippen MR) is 47.8 cm³/mol. The second-order valence-corrected chi connectivity index (χ2v) is 2.61. The standard InChI is InChI=1S/C10H6FNO3/c1-15-10(14)8-7(5-13)3-2-6(4-12)9(8)11/h2-3,5H,1H3. The van der Waals surface area contributed by atoms with Crippen LogP contribution in [-0.4, -0.2) is 19.4 Å². The molecular formula is C10H6FNO3. The molecule has 0 N–H and O–H groups in total. The maximum atomic E-state index is 13.5. The van der Waals surface area contributed by atoms with Crippen LogP contribution in [0, 0.1) is 17.1 Å². The minimum atomic E-state index is -1.03. The lowest BCUT2D eigenvalue weighted by Crippen LogP contribution is -2.09. The zero-order valence-electron chi connectivity index (χ0n) is 7.78. The van der Waals surface area contributed by atoms with Crippen LogP contribution in [0.25, 0.3) is 0 Å². The highest BCUT2D eigenvalue weighted by Gasteiger charge is 2.20. The SMILES string of the molecule is COC(=O)c1c(C=O)ccc(C#N)c1F. The van der Waals surface area contributed by atoms with Crippen molar-refractivity contribution in [3.05, 3.63) is 34.6 Å². The molecule has 0 saturated carbocycles. The Morgan fingerprint density at radius 2 is 2.27 bits per heavy atom. The van der Waals surface area contributed by atoms with Crippen molar-refractivity contribution in [1.29, 1.82) is 5.26 Å². The van der Waals surface area contributed by atoms with Gasteiger partial charge in [0.05, 0.1) is 12.7 Å². The van der Waals surface area contributed by atoms with Crippen LogP contribution in [0.5, 0.6) is 0 Å². The number of rotatable bonds is 2. The number of ether oxygens (including phenoxy) is 1. The highest BCUT2D eigenvalue weighted by molar-refractivity contribution is 5.98. The lowest BCUT2D eigenvalue weighted by atomic mass is 10.0. The molecular weight excluding hydrogens is 201 g/mol. The molecule has 0 spiro atoms. The van der Waals surface area contributed by atoms with Gasteiger partial charge in [0.15, 0.2) is 12.1 Å². The topological polar surface area (TPSA) is 67.2 Å². The number of nitrogens with zero attached hydrogens (tertiary/aromatic N) is 1. The van der Waals surface area contributed by atoms with Crippen molar-refractivity contribution in [3.63, 3.8) is 0 Å². The lowest BCUT2D eigenvalue weighted by Gasteiger charge is -2.04. The Morgan fingerprint density at radius 1 is 1.60 bits per heavy atom. The monoisotopic (exact) mass is 207 g/mol. The van der Waals surface area contributed by atoms with Crippen molar-refractivity contribution >= 4 is 12.3 Å². The molecule has 0 atom stereocenters. The smallest absolute Gasteiger partial charge is 0.341 e. The van der Waals surface area contributed by atoms with Gasteiger partial charge in [0.2, 0.25) is 0 Å². The van der Waals surface area contributed by atoms with Crippen molar-refractivity contribution in [2.45, 2.75) is 0 Å². The quantitative estimate of drug-likeness (QED) is 0.541. The number of esters is 1. The van der Waals surface area contributed by atoms with E-state index in [0.717, 1.165) is 13.2 Å². The largest absolute Gasteiger partial charge is 0.465 e. The summed E-state index contributed by atoms with van der Waals surface area (Å²) < 4.78 is 17.8. The zero-order valence-corrected chi connectivity index (χ0v) is 7.78. The summed E-state index contributed by atoms with van der Waals surface area (Å²) in [5, 5.41) is 8.53. The van der Waals surface area contributed by atoms with Gasteiger partial charge in [-0.1, -0.05) is 0 Å². The maximum Gasteiger partial charge on any atom is 0.341 e. The van der Waals surface area contributed by atoms with Gasteiger partial charge in [-0.2, -0.15) is 5.26 Å². The molecule has 0 amide bonds. The lowest BCUT2D eigenvalue weighted by molar-refractivity contribution is 0.0593. The fraction of sp³-hybridized carbons (Fsp3) is 0.100. The van der Waals surface area contributed by atoms with Crippen molar-refractivity contribution in [1.82, 2.24) is 0 Å². The van der Waals surface area contributed by atoms with E-state index in [2.05, 4.69) is 4.74 Å². The van der Waals surface area contributed by atoms with Crippen LogP contribution in [0.1, 0.15) is 26.3 Å². The Hall–Kier alpha value is -2.22. The Kier molecular flexibility index (Phi) is 3.13. The number of nitriles is 1. The minimum Gasteiger partial charge on any atom is -0.465 e. The van der Waals surface area contributed by atoms with E-state index in [1.807, 2.05) is 0 Å². The fourth-order valence-electron chi connectivity index (χ4n) is 1.09. The van der Waals surface area contributed by atoms with Crippen molar-refractivity contribution in [2.75, 3.05) is 7.11 Å². The average Bonchev–Trinajstić information content (AvgIpc) is 2.27. The molecule has 1 aromatic rings. The van der Waals surface area contributed by atoms with Crippen LogP contribution in [-0.2, 0) is 4.74 Å². The van der Waals surface area contributed by atoms with Gasteiger partial charge >= 0.3 is 5.97 Å². The molecule has 0 heterocycles. The maximum absolute atomic E-state index is 13.5. The number of aldehydes is 1. The normalized spacial score (nSPS) is 9.13. The highest BCUT2D eigenvalue weighted by Crippen LogP contribution is 2.17. The van der Waals surface area contributed by atoms with Gasteiger partial charge in [-0.3, -0.25) is 4.79 Å². The van der Waals surface area contributed by atoms with E-state index in [0.29, 0.717) is 6.29 Å². The van der Waals surface area contributed by atoms with E-state index in [1.165, 1.54) is 6.07 Å². The van der Waals surface area contributed by atoms with Gasteiger partial charge < -0.3 is 4.74 Å². The van der Waals surface area contributed by atoms with E-state index >= 15 is 0 Å². The third-order valence-electron chi connectivity index (χ3n) is 1.81. The van der Waals surface area contributed by atoms with Crippen LogP contribution in [0.3, 0.4) is 0 Å². The summed E-state index contributed by atoms with van der Waals surface area (Å²) in [4.78, 5) is 21.7. The Balaban J connectivity index is 3.50. The summed E-state index contributed by atoms with van der Waals surface area (Å²) in [6.07, 6.45) is 0.330. The molecule has 0 fully saturated rings. The van der Waals surface area contributed by atoms with Crippen molar-refractivity contribution < 1.29 is 18.7 Å². The molecule has 0 radical (unpaired) electrons. The summed E-state index contributed by atoms with van der Waals surface area (Å²) in [5.74, 6) is -2.01. The summed E-state index contributed by atoms with van der Waals surface area (Å²) in [6.45, 7) is 0. The number of carbonyl (C=O) groups excluding carboxylic acids is 2. The van der Waals surface area contributed by atoms with Crippen LogP contribution < -0.4 is 0 Å². The number of hydrogen-bond donors (Lipinski definition) is 0. The summed E-state index contributed by atoms with van der Waals surface area (Å²) >= 11 is 0. The second-order valence-electron chi connectivity index (χ2n) is 2.61. The van der Waals surface area contributed by atoms with E-state index in [9.17, 15) is 14.0 Å². The van der Waals surface area contributed by atoms with Gasteiger partial charge in [0, 0.05) is 5.56 Å². The first-order valence-electron chi connectivity index (χ1n) is 3.91. The van der Waals surface area contributed by atoms with Gasteiger partial charge in [-0.15, -0.1) is 0 Å². The van der Waals surface area contributed by atoms with Gasteiger partial charge in [0.25, 0.3) is 0 Å². The summed E-state index contributed by atoms with van der Waals surface area (Å²) in [7, 11) is 1.06. The number of methoxy groups -OCH3 is 1. The highest BCUT2D eigenvalue weighted by atomic mass is 19.1. The molecule has 0 aliphatic carbocycles. The molecule has 0 unspecified atom stereocenters. The molecule has 0 saturated heterocycles. The van der Waals surface area contributed by atoms with E-state index in [4.69, 9.17) is 5.26 Å². The molecule has 0 aliphatic heterocycles. The van der Waals surface area contributed by atoms with E-state index in [1.54, 1.807) is 6.07 Å². The van der Waals surface area contributed by atoms with Crippen LogP contribution in [0.2, 0.25) is 0 Å². The molecule has 4 nitrogen and oxygen atoms in total. The zero-order chi connectivity index (χ0) is 11.4. The average molecular weight is 207 g/mol. The number of hydrogen-bond acceptors (Lipinski definition) is 4. The summed E-state index contributed by atoms with van der Waals surface area (Å²) in [5.41, 5.74) is -0.953. The minimum absolute atomic E-state index is 0.140. The second kappa shape index (κ2) is 4.33. The number of benzene rings is 1. The first-order valence-corrected chi connectivity index (χ1v) is 3.91. The van der Waals surface area contributed by atoms with Crippen LogP contribution >= 0.6 is 0 Å². The molecule has 76 valence electrons. The summed E-state index contributed by atoms with van der Waals surface area (Å²) in [6, 6.07) is 3.89. The molecule has 0 aliphatic rings. The predicted octanol–water partition coefficient (Wildman–Crippen LogP) is 1.30. The Bertz CT molecular complexity index is 462. The molecule has 0 aromatic heterocycles. The van der Waals surface area contributed by atoms with Crippen LogP contribution in [0.15, 0.2) is 12.1 Å². The van der Waals surface area contributed by atoms with Crippen molar-refractivity contribution in [2.24, 2.45) is 0 Å². The molecule has 0 bridgehead atoms. The number of carbonyl (C=O) groups is 2. The van der Waals surface area contributed by atoms with E-state index < -0.39 is 17.3 Å². The molecule has 15 heavy (non-hydrogen) atoms. The third-order valence-corrected chi connectivity index (χ3v) is 1.81. The van der Waals surface area contributed by atoms with Gasteiger partial charge in [-0.05, 0) is 12.1 Å². The Morgan fingerprint density at radius 3 is 2.73 bits per heavy atom. The number of halogens is 1. The first kappa shape index (κ1) is 10.9. The van der Waals surface area contributed by atoms with Gasteiger partial charge in [-0.25, -0.2) is 9.18 Å². The van der Waals surface area contributed by atoms with E-state index in [-0.39, 0.29) is 11.1 Å². The van der Waals surface area contributed by atoms with Crippen molar-refractivity contribution in [3.8, 4) is 6.07 Å². The fourth-order valence-corrected chi connectivity index (χ4v) is 1.09. The van der Waals surface area contributed by atoms with Crippen LogP contribution in [0.4, 0.5) is 4.39 Å². The molecule has 1 aromatic carbocycles. The van der Waals surface area contributed by atoms with Gasteiger partial charge in [0.1, 0.15) is 11.6 Å². The third kappa shape index (κ3) is 1.83. The molecule has 1 rings (SSSR count). The molecule has 5 heteroatoms.